The molecule has 1 N–H and O–H groups in total. The van der Waals surface area contributed by atoms with E-state index < -0.39 is 5.97 Å². The van der Waals surface area contributed by atoms with Crippen LogP contribution in [0.3, 0.4) is 0 Å². The lowest BCUT2D eigenvalue weighted by atomic mass is 9.99. The van der Waals surface area contributed by atoms with Gasteiger partial charge in [0.05, 0.1) is 5.92 Å². The van der Waals surface area contributed by atoms with Crippen LogP contribution in [0.25, 0.3) is 11.4 Å². The molecule has 0 bridgehead atoms. The number of aromatic nitrogens is 3. The summed E-state index contributed by atoms with van der Waals surface area (Å²) in [5, 5.41) is 17.6. The summed E-state index contributed by atoms with van der Waals surface area (Å²) in [6.45, 7) is 0.447. The first kappa shape index (κ1) is 13.6. The number of anilines is 1. The van der Waals surface area contributed by atoms with Crippen LogP contribution in [0.1, 0.15) is 12.2 Å². The van der Waals surface area contributed by atoms with E-state index in [0.717, 1.165) is 22.9 Å². The third-order valence-corrected chi connectivity index (χ3v) is 3.94. The molecule has 0 spiro atoms. The smallest absolute Gasteiger partial charge is 0.308 e. The van der Waals surface area contributed by atoms with Gasteiger partial charge in [0, 0.05) is 38.3 Å². The quantitative estimate of drug-likeness (QED) is 0.929. The van der Waals surface area contributed by atoms with Crippen molar-refractivity contribution in [2.45, 2.75) is 19.4 Å². The maximum Gasteiger partial charge on any atom is 0.308 e. The summed E-state index contributed by atoms with van der Waals surface area (Å²) in [5.74, 6) is 0.525. The molecule has 1 aromatic heterocycles. The van der Waals surface area contributed by atoms with Crippen LogP contribution in [0.4, 0.5) is 5.69 Å². The fourth-order valence-corrected chi connectivity index (χ4v) is 2.65. The topological polar surface area (TPSA) is 71.2 Å². The van der Waals surface area contributed by atoms with Crippen LogP contribution in [-0.4, -0.2) is 39.9 Å². The van der Waals surface area contributed by atoms with E-state index in [-0.39, 0.29) is 5.92 Å². The Morgan fingerprint density at radius 2 is 2.00 bits per heavy atom. The van der Waals surface area contributed by atoms with Gasteiger partial charge in [-0.15, -0.1) is 10.2 Å². The van der Waals surface area contributed by atoms with Crippen LogP contribution in [0.2, 0.25) is 0 Å². The molecule has 0 amide bonds. The first-order valence-electron chi connectivity index (χ1n) is 6.99. The lowest BCUT2D eigenvalue weighted by Gasteiger charge is -2.21. The van der Waals surface area contributed by atoms with Gasteiger partial charge in [-0.2, -0.15) is 0 Å². The Morgan fingerprint density at radius 3 is 2.62 bits per heavy atom. The second-order valence-electron chi connectivity index (χ2n) is 5.57. The predicted octanol–water partition coefficient (Wildman–Crippen LogP) is 1.66. The van der Waals surface area contributed by atoms with Crippen molar-refractivity contribution in [3.05, 3.63) is 30.1 Å². The summed E-state index contributed by atoms with van der Waals surface area (Å²) in [7, 11) is 3.98. The van der Waals surface area contributed by atoms with Gasteiger partial charge in [0.25, 0.3) is 0 Å². The number of carboxylic acids is 1. The minimum atomic E-state index is -0.747. The monoisotopic (exact) mass is 286 g/mol. The second kappa shape index (κ2) is 5.20. The molecule has 21 heavy (non-hydrogen) atoms. The van der Waals surface area contributed by atoms with E-state index in [1.54, 1.807) is 0 Å². The van der Waals surface area contributed by atoms with Crippen molar-refractivity contribution < 1.29 is 9.90 Å². The molecule has 1 aliphatic rings. The number of nitrogens with zero attached hydrogens (tertiary/aromatic N) is 4. The zero-order valence-corrected chi connectivity index (χ0v) is 12.2. The molecule has 6 nitrogen and oxygen atoms in total. The Morgan fingerprint density at radius 1 is 1.29 bits per heavy atom. The molecule has 2 aromatic rings. The van der Waals surface area contributed by atoms with Crippen molar-refractivity contribution in [3.8, 4) is 11.4 Å². The number of rotatable bonds is 3. The third-order valence-electron chi connectivity index (χ3n) is 3.94. The van der Waals surface area contributed by atoms with Crippen molar-refractivity contribution in [1.29, 1.82) is 0 Å². The number of hydrogen-bond donors (Lipinski definition) is 1. The summed E-state index contributed by atoms with van der Waals surface area (Å²) in [6.07, 6.45) is 1.30. The van der Waals surface area contributed by atoms with E-state index in [1.165, 1.54) is 0 Å². The number of hydrogen-bond acceptors (Lipinski definition) is 4. The average molecular weight is 286 g/mol. The van der Waals surface area contributed by atoms with Gasteiger partial charge in [0.1, 0.15) is 5.82 Å². The van der Waals surface area contributed by atoms with Gasteiger partial charge in [-0.3, -0.25) is 4.79 Å². The minimum absolute atomic E-state index is 0.353. The fraction of sp³-hybridized carbons (Fsp3) is 0.400. The largest absolute Gasteiger partial charge is 0.481 e. The molecule has 1 atom stereocenters. The van der Waals surface area contributed by atoms with Gasteiger partial charge < -0.3 is 14.6 Å². The summed E-state index contributed by atoms with van der Waals surface area (Å²) in [5.41, 5.74) is 2.07. The molecule has 2 heterocycles. The Hall–Kier alpha value is -2.37. The van der Waals surface area contributed by atoms with E-state index in [1.807, 2.05) is 47.8 Å². The minimum Gasteiger partial charge on any atom is -0.481 e. The van der Waals surface area contributed by atoms with Crippen LogP contribution >= 0.6 is 0 Å². The molecule has 0 aliphatic carbocycles. The number of fused-ring (bicyclic) bond motifs is 1. The van der Waals surface area contributed by atoms with E-state index >= 15 is 0 Å². The Bertz CT molecular complexity index is 661. The highest BCUT2D eigenvalue weighted by Gasteiger charge is 2.27. The first-order valence-corrected chi connectivity index (χ1v) is 6.99. The molecule has 110 valence electrons. The Labute approximate surface area is 123 Å². The molecular formula is C15H18N4O2. The summed E-state index contributed by atoms with van der Waals surface area (Å²) in [4.78, 5) is 13.2. The molecule has 1 aromatic carbocycles. The summed E-state index contributed by atoms with van der Waals surface area (Å²) in [6, 6.07) is 8.04. The van der Waals surface area contributed by atoms with Crippen molar-refractivity contribution >= 4 is 11.7 Å². The zero-order chi connectivity index (χ0) is 15.0. The molecular weight excluding hydrogens is 268 g/mol. The van der Waals surface area contributed by atoms with Crippen LogP contribution in [-0.2, 0) is 17.8 Å². The van der Waals surface area contributed by atoms with Gasteiger partial charge in [-0.25, -0.2) is 0 Å². The summed E-state index contributed by atoms with van der Waals surface area (Å²) >= 11 is 0. The van der Waals surface area contributed by atoms with Crippen LogP contribution < -0.4 is 4.90 Å². The highest BCUT2D eigenvalue weighted by atomic mass is 16.4. The van der Waals surface area contributed by atoms with Crippen molar-refractivity contribution in [2.24, 2.45) is 5.92 Å². The Balaban J connectivity index is 1.94. The predicted molar refractivity (Wildman–Crippen MR) is 79.2 cm³/mol. The lowest BCUT2D eigenvalue weighted by Crippen LogP contribution is -2.27. The number of aryl methyl sites for hydroxylation is 1. The maximum atomic E-state index is 11.2. The fourth-order valence-electron chi connectivity index (χ4n) is 2.65. The molecule has 1 aliphatic heterocycles. The second-order valence-corrected chi connectivity index (χ2v) is 5.57. The van der Waals surface area contributed by atoms with Gasteiger partial charge >= 0.3 is 5.97 Å². The van der Waals surface area contributed by atoms with Gasteiger partial charge in [0.15, 0.2) is 5.82 Å². The van der Waals surface area contributed by atoms with E-state index in [2.05, 4.69) is 10.2 Å². The molecule has 0 radical (unpaired) electrons. The van der Waals surface area contributed by atoms with E-state index in [4.69, 9.17) is 0 Å². The van der Waals surface area contributed by atoms with Crippen molar-refractivity contribution in [3.63, 3.8) is 0 Å². The Kier molecular flexibility index (Phi) is 3.37. The zero-order valence-electron chi connectivity index (χ0n) is 12.2. The van der Waals surface area contributed by atoms with Gasteiger partial charge in [-0.1, -0.05) is 0 Å². The number of aliphatic carboxylic acids is 1. The highest BCUT2D eigenvalue weighted by molar-refractivity contribution is 5.70. The number of carboxylic acid groups (broad SMARTS) is 1. The molecule has 3 rings (SSSR count). The lowest BCUT2D eigenvalue weighted by molar-refractivity contribution is -0.142. The van der Waals surface area contributed by atoms with Gasteiger partial charge in [0.2, 0.25) is 0 Å². The number of carbonyl (C=O) groups is 1. The first-order chi connectivity index (χ1) is 10.1. The van der Waals surface area contributed by atoms with Crippen LogP contribution in [0, 0.1) is 5.92 Å². The standard InChI is InChI=1S/C15H18N4O2/c1-18(2)12-6-3-10(4-7-12)14-17-16-13-8-5-11(15(20)21)9-19(13)14/h3-4,6-7,11H,5,8-9H2,1-2H3,(H,20,21). The average Bonchev–Trinajstić information content (AvgIpc) is 2.90. The molecule has 0 saturated heterocycles. The van der Waals surface area contributed by atoms with E-state index in [9.17, 15) is 9.90 Å². The van der Waals surface area contributed by atoms with Crippen LogP contribution in [0.15, 0.2) is 24.3 Å². The highest BCUT2D eigenvalue weighted by Crippen LogP contribution is 2.27. The molecule has 0 saturated carbocycles. The SMILES string of the molecule is CN(C)c1ccc(-c2nnc3n2CC(C(=O)O)CC3)cc1. The maximum absolute atomic E-state index is 11.2. The van der Waals surface area contributed by atoms with E-state index in [0.29, 0.717) is 19.4 Å². The molecule has 1 unspecified atom stereocenters. The van der Waals surface area contributed by atoms with Crippen molar-refractivity contribution in [1.82, 2.24) is 14.8 Å². The van der Waals surface area contributed by atoms with Crippen molar-refractivity contribution in [2.75, 3.05) is 19.0 Å². The normalized spacial score (nSPS) is 17.3. The molecule has 6 heteroatoms. The third kappa shape index (κ3) is 2.49. The van der Waals surface area contributed by atoms with Crippen LogP contribution in [0.5, 0.6) is 0 Å². The molecule has 0 fully saturated rings. The number of benzene rings is 1. The van der Waals surface area contributed by atoms with Gasteiger partial charge in [-0.05, 0) is 30.7 Å². The summed E-state index contributed by atoms with van der Waals surface area (Å²) < 4.78 is 1.94.